The molecule has 1 saturated heterocycles. The summed E-state index contributed by atoms with van der Waals surface area (Å²) in [5, 5.41) is 32.3. The van der Waals surface area contributed by atoms with Crippen molar-refractivity contribution in [1.82, 2.24) is 15.5 Å². The van der Waals surface area contributed by atoms with Gasteiger partial charge in [-0.15, -0.1) is 0 Å². The molecule has 0 aliphatic carbocycles. The Bertz CT molecular complexity index is 920. The smallest absolute Gasteiger partial charge is 0.325 e. The number of amides is 3. The molecule has 34 heavy (non-hydrogen) atoms. The minimum absolute atomic E-state index is 0.0584. The molecule has 1 aromatic carbocycles. The van der Waals surface area contributed by atoms with Crippen molar-refractivity contribution in [3.8, 4) is 5.75 Å². The summed E-state index contributed by atoms with van der Waals surface area (Å²) in [6, 6.07) is 1.75. The van der Waals surface area contributed by atoms with E-state index in [2.05, 4.69) is 10.6 Å². The summed E-state index contributed by atoms with van der Waals surface area (Å²) in [5.41, 5.74) is 6.65. The lowest BCUT2D eigenvalue weighted by Crippen LogP contribution is -2.56. The predicted octanol–water partition coefficient (Wildman–Crippen LogP) is -0.808. The zero-order valence-electron chi connectivity index (χ0n) is 18.8. The lowest BCUT2D eigenvalue weighted by atomic mass is 10.0. The van der Waals surface area contributed by atoms with Gasteiger partial charge in [-0.05, 0) is 50.3 Å². The number of aliphatic carboxylic acids is 2. The van der Waals surface area contributed by atoms with Crippen molar-refractivity contribution in [2.75, 3.05) is 6.54 Å². The largest absolute Gasteiger partial charge is 0.508 e. The Morgan fingerprint density at radius 2 is 1.76 bits per heavy atom. The third-order valence-electron chi connectivity index (χ3n) is 5.56. The van der Waals surface area contributed by atoms with Gasteiger partial charge in [0.2, 0.25) is 17.7 Å². The SMILES string of the molecule is CC(NC(=O)C1CCCN1C(=O)C(CCC(=O)O)NC(=O)C(N)Cc1ccc(O)cc1)C(=O)O. The van der Waals surface area contributed by atoms with Gasteiger partial charge in [-0.1, -0.05) is 12.1 Å². The average Bonchev–Trinajstić information content (AvgIpc) is 3.27. The molecule has 12 nitrogen and oxygen atoms in total. The van der Waals surface area contributed by atoms with E-state index < -0.39 is 60.2 Å². The quantitative estimate of drug-likeness (QED) is 0.235. The number of nitrogens with one attached hydrogen (secondary N) is 2. The summed E-state index contributed by atoms with van der Waals surface area (Å²) in [5.74, 6) is -4.26. The Hall–Kier alpha value is -3.67. The van der Waals surface area contributed by atoms with Crippen LogP contribution < -0.4 is 16.4 Å². The molecule has 0 spiro atoms. The van der Waals surface area contributed by atoms with Gasteiger partial charge in [0, 0.05) is 13.0 Å². The van der Waals surface area contributed by atoms with Crippen LogP contribution >= 0.6 is 0 Å². The van der Waals surface area contributed by atoms with Crippen molar-refractivity contribution in [1.29, 1.82) is 0 Å². The van der Waals surface area contributed by atoms with Crippen molar-refractivity contribution < 1.29 is 39.3 Å². The Morgan fingerprint density at radius 3 is 2.35 bits per heavy atom. The molecule has 1 aromatic rings. The van der Waals surface area contributed by atoms with Crippen LogP contribution in [0.15, 0.2) is 24.3 Å². The number of hydrogen-bond acceptors (Lipinski definition) is 7. The third kappa shape index (κ3) is 7.44. The number of phenolic OH excluding ortho intramolecular Hbond substituents is 1. The number of carboxylic acid groups (broad SMARTS) is 2. The zero-order chi connectivity index (χ0) is 25.4. The van der Waals surface area contributed by atoms with Gasteiger partial charge in [-0.2, -0.15) is 0 Å². The number of nitrogens with zero attached hydrogens (tertiary/aromatic N) is 1. The second kappa shape index (κ2) is 12.0. The molecule has 4 atom stereocenters. The van der Waals surface area contributed by atoms with Gasteiger partial charge in [-0.25, -0.2) is 0 Å². The maximum absolute atomic E-state index is 13.2. The molecule has 1 aliphatic heterocycles. The van der Waals surface area contributed by atoms with Crippen molar-refractivity contribution in [2.24, 2.45) is 5.73 Å². The average molecular weight is 479 g/mol. The lowest BCUT2D eigenvalue weighted by molar-refractivity contribution is -0.144. The molecule has 1 heterocycles. The number of carbonyl (C=O) groups is 5. The van der Waals surface area contributed by atoms with Crippen molar-refractivity contribution in [3.05, 3.63) is 29.8 Å². The minimum Gasteiger partial charge on any atom is -0.508 e. The first-order valence-corrected chi connectivity index (χ1v) is 10.9. The second-order valence-electron chi connectivity index (χ2n) is 8.23. The van der Waals surface area contributed by atoms with E-state index in [9.17, 15) is 29.1 Å². The van der Waals surface area contributed by atoms with E-state index in [0.29, 0.717) is 18.4 Å². The van der Waals surface area contributed by atoms with Crippen molar-refractivity contribution in [2.45, 2.75) is 63.2 Å². The predicted molar refractivity (Wildman–Crippen MR) is 119 cm³/mol. The Balaban J connectivity index is 2.10. The Morgan fingerprint density at radius 1 is 1.12 bits per heavy atom. The fourth-order valence-corrected chi connectivity index (χ4v) is 3.66. The van der Waals surface area contributed by atoms with Crippen LogP contribution in [-0.4, -0.2) is 80.6 Å². The van der Waals surface area contributed by atoms with Crippen LogP contribution in [0.2, 0.25) is 0 Å². The molecule has 0 radical (unpaired) electrons. The van der Waals surface area contributed by atoms with Crippen molar-refractivity contribution in [3.63, 3.8) is 0 Å². The van der Waals surface area contributed by atoms with Crippen LogP contribution in [0.25, 0.3) is 0 Å². The highest BCUT2D eigenvalue weighted by Gasteiger charge is 2.38. The molecule has 1 fully saturated rings. The first kappa shape index (κ1) is 26.6. The molecule has 186 valence electrons. The summed E-state index contributed by atoms with van der Waals surface area (Å²) < 4.78 is 0. The number of phenols is 1. The first-order chi connectivity index (χ1) is 16.0. The van der Waals surface area contributed by atoms with Crippen LogP contribution in [0.3, 0.4) is 0 Å². The van der Waals surface area contributed by atoms with Gasteiger partial charge in [-0.3, -0.25) is 24.0 Å². The Labute approximate surface area is 196 Å². The molecule has 1 aliphatic rings. The van der Waals surface area contributed by atoms with Gasteiger partial charge < -0.3 is 36.6 Å². The fraction of sp³-hybridized carbons (Fsp3) is 0.500. The molecule has 3 amide bonds. The van der Waals surface area contributed by atoms with E-state index in [4.69, 9.17) is 15.9 Å². The van der Waals surface area contributed by atoms with Gasteiger partial charge in [0.15, 0.2) is 0 Å². The highest BCUT2D eigenvalue weighted by Crippen LogP contribution is 2.20. The number of hydrogen-bond donors (Lipinski definition) is 6. The van der Waals surface area contributed by atoms with Crippen molar-refractivity contribution >= 4 is 29.7 Å². The van der Waals surface area contributed by atoms with Gasteiger partial charge >= 0.3 is 11.9 Å². The standard InChI is InChI=1S/C22H30N4O8/c1-12(22(33)34)24-20(31)17-3-2-10-26(17)21(32)16(8-9-18(28)29)25-19(30)15(23)11-13-4-6-14(27)7-5-13/h4-7,12,15-17,27H,2-3,8-11,23H2,1H3,(H,24,31)(H,25,30)(H,28,29)(H,33,34). The molecule has 0 aromatic heterocycles. The molecular weight excluding hydrogens is 448 g/mol. The number of benzene rings is 1. The van der Waals surface area contributed by atoms with Crippen LogP contribution in [0.1, 0.15) is 38.2 Å². The highest BCUT2D eigenvalue weighted by molar-refractivity contribution is 5.94. The normalized spacial score (nSPS) is 17.9. The Kier molecular flexibility index (Phi) is 9.36. The number of likely N-dealkylation sites (tertiary alicyclic amines) is 1. The maximum atomic E-state index is 13.2. The topological polar surface area (TPSA) is 199 Å². The van der Waals surface area contributed by atoms with E-state index in [0.717, 1.165) is 0 Å². The number of aromatic hydroxyl groups is 1. The fourth-order valence-electron chi connectivity index (χ4n) is 3.66. The molecule has 0 saturated carbocycles. The molecule has 0 bridgehead atoms. The third-order valence-corrected chi connectivity index (χ3v) is 5.56. The minimum atomic E-state index is -1.22. The number of carboxylic acids is 2. The molecule has 7 N–H and O–H groups in total. The molecule has 2 rings (SSSR count). The van der Waals surface area contributed by atoms with Crippen LogP contribution in [0.4, 0.5) is 0 Å². The zero-order valence-corrected chi connectivity index (χ0v) is 18.8. The van der Waals surface area contributed by atoms with Gasteiger partial charge in [0.05, 0.1) is 6.04 Å². The van der Waals surface area contributed by atoms with Crippen LogP contribution in [-0.2, 0) is 30.4 Å². The molecular formula is C22H30N4O8. The lowest BCUT2D eigenvalue weighted by Gasteiger charge is -2.29. The summed E-state index contributed by atoms with van der Waals surface area (Å²) in [6.07, 6.45) is 0.315. The number of rotatable bonds is 11. The van der Waals surface area contributed by atoms with Crippen LogP contribution in [0.5, 0.6) is 5.75 Å². The maximum Gasteiger partial charge on any atom is 0.325 e. The second-order valence-corrected chi connectivity index (χ2v) is 8.23. The van der Waals surface area contributed by atoms with Gasteiger partial charge in [0.1, 0.15) is 23.9 Å². The molecule has 12 heteroatoms. The molecule has 4 unspecified atom stereocenters. The number of carbonyl (C=O) groups excluding carboxylic acids is 3. The summed E-state index contributed by atoms with van der Waals surface area (Å²) in [4.78, 5) is 61.8. The monoisotopic (exact) mass is 478 g/mol. The summed E-state index contributed by atoms with van der Waals surface area (Å²) in [6.45, 7) is 1.50. The van der Waals surface area contributed by atoms with E-state index in [1.54, 1.807) is 12.1 Å². The highest BCUT2D eigenvalue weighted by atomic mass is 16.4. The first-order valence-electron chi connectivity index (χ1n) is 10.9. The van der Waals surface area contributed by atoms with E-state index in [1.165, 1.54) is 24.0 Å². The summed E-state index contributed by atoms with van der Waals surface area (Å²) >= 11 is 0. The van der Waals surface area contributed by atoms with E-state index >= 15 is 0 Å². The summed E-state index contributed by atoms with van der Waals surface area (Å²) in [7, 11) is 0. The van der Waals surface area contributed by atoms with Crippen LogP contribution in [0, 0.1) is 0 Å². The van der Waals surface area contributed by atoms with E-state index in [1.807, 2.05) is 0 Å². The van der Waals surface area contributed by atoms with Gasteiger partial charge in [0.25, 0.3) is 0 Å². The van der Waals surface area contributed by atoms with E-state index in [-0.39, 0.29) is 25.1 Å². The number of nitrogens with two attached hydrogens (primary N) is 1.